The summed E-state index contributed by atoms with van der Waals surface area (Å²) >= 11 is 0. The highest BCUT2D eigenvalue weighted by molar-refractivity contribution is 7.86. The van der Waals surface area contributed by atoms with Gasteiger partial charge in [-0.15, -0.1) is 0 Å². The van der Waals surface area contributed by atoms with E-state index in [1.54, 1.807) is 30.3 Å². The summed E-state index contributed by atoms with van der Waals surface area (Å²) in [6, 6.07) is 14.1. The van der Waals surface area contributed by atoms with E-state index < -0.39 is 10.1 Å². The summed E-state index contributed by atoms with van der Waals surface area (Å²) in [5, 5.41) is 0. The van der Waals surface area contributed by atoms with E-state index in [1.807, 2.05) is 18.2 Å². The molecule has 100 valence electrons. The van der Waals surface area contributed by atoms with Crippen LogP contribution in [0, 0.1) is 0 Å². The zero-order valence-electron chi connectivity index (χ0n) is 11.0. The highest BCUT2D eigenvalue weighted by atomic mass is 32.2. The third-order valence-corrected chi connectivity index (χ3v) is 3.18. The predicted octanol–water partition coefficient (Wildman–Crippen LogP) is 1.88. The molecule has 0 amide bonds. The van der Waals surface area contributed by atoms with Crippen LogP contribution in [0.2, 0.25) is 0 Å². The zero-order valence-corrected chi connectivity index (χ0v) is 11.9. The summed E-state index contributed by atoms with van der Waals surface area (Å²) in [5.41, 5.74) is 3.27. The lowest BCUT2D eigenvalue weighted by Crippen LogP contribution is -2.05. The molecule has 0 aromatic heterocycles. The summed E-state index contributed by atoms with van der Waals surface area (Å²) in [5.74, 6) is 0.275. The first-order valence-electron chi connectivity index (χ1n) is 5.90. The van der Waals surface area contributed by atoms with E-state index in [-0.39, 0.29) is 5.75 Å². The average Bonchev–Trinajstić information content (AvgIpc) is 2.37. The van der Waals surface area contributed by atoms with Gasteiger partial charge in [0.2, 0.25) is 0 Å². The molecule has 0 atom stereocenters. The minimum atomic E-state index is -3.51. The molecule has 2 aromatic rings. The lowest BCUT2D eigenvalue weighted by molar-refractivity contribution is 0.493. The second-order valence-corrected chi connectivity index (χ2v) is 5.99. The fourth-order valence-electron chi connectivity index (χ4n) is 1.78. The Balaban J connectivity index is 2.24. The fourth-order valence-corrected chi connectivity index (χ4v) is 2.24. The van der Waals surface area contributed by atoms with E-state index >= 15 is 0 Å². The summed E-state index contributed by atoms with van der Waals surface area (Å²) in [6.07, 6.45) is 1.01. The second kappa shape index (κ2) is 5.55. The Hall–Kier alpha value is -2.01. The minimum absolute atomic E-state index is 0.275. The Morgan fingerprint density at radius 3 is 2.30 bits per heavy atom. The molecule has 20 heavy (non-hydrogen) atoms. The van der Waals surface area contributed by atoms with Crippen LogP contribution in [0.5, 0.6) is 5.75 Å². The lowest BCUT2D eigenvalue weighted by Gasteiger charge is -2.08. The van der Waals surface area contributed by atoms with Crippen LogP contribution in [-0.2, 0) is 10.1 Å². The standard InChI is InChI=1S/C15H13BO3S/c1-11(13-4-3-5-14(16)10-13)12-6-8-15(9-7-12)19-20(2,17)18/h3-10H,1H2,2H3. The van der Waals surface area contributed by atoms with Crippen molar-refractivity contribution in [3.63, 3.8) is 0 Å². The first kappa shape index (κ1) is 14.4. The molecule has 0 bridgehead atoms. The van der Waals surface area contributed by atoms with Crippen LogP contribution < -0.4 is 9.65 Å². The summed E-state index contributed by atoms with van der Waals surface area (Å²) in [6.45, 7) is 4.03. The second-order valence-electron chi connectivity index (χ2n) is 4.42. The van der Waals surface area contributed by atoms with Gasteiger partial charge in [0.05, 0.1) is 6.26 Å². The average molecular weight is 284 g/mol. The zero-order chi connectivity index (χ0) is 14.8. The monoisotopic (exact) mass is 284 g/mol. The molecule has 0 unspecified atom stereocenters. The Kier molecular flexibility index (Phi) is 4.00. The van der Waals surface area contributed by atoms with Crippen LogP contribution in [0.1, 0.15) is 11.1 Å². The maximum atomic E-state index is 11.0. The smallest absolute Gasteiger partial charge is 0.306 e. The Bertz CT molecular complexity index is 734. The van der Waals surface area contributed by atoms with E-state index in [0.29, 0.717) is 5.46 Å². The van der Waals surface area contributed by atoms with Gasteiger partial charge in [0, 0.05) is 0 Å². The topological polar surface area (TPSA) is 43.4 Å². The summed E-state index contributed by atoms with van der Waals surface area (Å²) in [4.78, 5) is 0. The van der Waals surface area contributed by atoms with Crippen LogP contribution in [0.25, 0.3) is 5.57 Å². The SMILES string of the molecule is [B]c1cccc(C(=C)c2ccc(OS(C)(=O)=O)cc2)c1. The van der Waals surface area contributed by atoms with Crippen molar-refractivity contribution in [2.45, 2.75) is 0 Å². The van der Waals surface area contributed by atoms with E-state index in [4.69, 9.17) is 12.0 Å². The molecule has 3 nitrogen and oxygen atoms in total. The van der Waals surface area contributed by atoms with Gasteiger partial charge in [-0.05, 0) is 28.8 Å². The number of rotatable bonds is 4. The maximum absolute atomic E-state index is 11.0. The molecule has 0 saturated carbocycles. The maximum Gasteiger partial charge on any atom is 0.306 e. The van der Waals surface area contributed by atoms with Gasteiger partial charge in [-0.3, -0.25) is 0 Å². The molecule has 0 aliphatic carbocycles. The molecular formula is C15H13BO3S. The molecule has 0 heterocycles. The molecule has 0 aliphatic rings. The Morgan fingerprint density at radius 2 is 1.75 bits per heavy atom. The van der Waals surface area contributed by atoms with Gasteiger partial charge < -0.3 is 4.18 Å². The van der Waals surface area contributed by atoms with Crippen molar-refractivity contribution in [1.29, 1.82) is 0 Å². The number of hydrogen-bond donors (Lipinski definition) is 0. The van der Waals surface area contributed by atoms with Gasteiger partial charge >= 0.3 is 10.1 Å². The highest BCUT2D eigenvalue weighted by Crippen LogP contribution is 2.23. The molecule has 2 aromatic carbocycles. The Morgan fingerprint density at radius 1 is 1.10 bits per heavy atom. The van der Waals surface area contributed by atoms with Crippen LogP contribution in [0.4, 0.5) is 0 Å². The van der Waals surface area contributed by atoms with Gasteiger partial charge in [-0.25, -0.2) is 0 Å². The van der Waals surface area contributed by atoms with E-state index in [9.17, 15) is 8.42 Å². The lowest BCUT2D eigenvalue weighted by atomic mass is 9.91. The van der Waals surface area contributed by atoms with Crippen LogP contribution in [-0.4, -0.2) is 22.5 Å². The van der Waals surface area contributed by atoms with Crippen molar-refractivity contribution in [3.05, 3.63) is 66.2 Å². The van der Waals surface area contributed by atoms with Crippen molar-refractivity contribution >= 4 is 29.0 Å². The number of benzene rings is 2. The van der Waals surface area contributed by atoms with Gasteiger partial charge in [0.15, 0.2) is 0 Å². The van der Waals surface area contributed by atoms with Gasteiger partial charge in [0.25, 0.3) is 0 Å². The fraction of sp³-hybridized carbons (Fsp3) is 0.0667. The van der Waals surface area contributed by atoms with E-state index in [2.05, 4.69) is 6.58 Å². The third-order valence-electron chi connectivity index (χ3n) is 2.69. The molecule has 5 heteroatoms. The van der Waals surface area contributed by atoms with Crippen molar-refractivity contribution in [3.8, 4) is 5.75 Å². The van der Waals surface area contributed by atoms with Crippen molar-refractivity contribution in [2.75, 3.05) is 6.26 Å². The van der Waals surface area contributed by atoms with Gasteiger partial charge in [-0.1, -0.05) is 48.4 Å². The molecule has 0 aliphatic heterocycles. The summed E-state index contributed by atoms with van der Waals surface area (Å²) < 4.78 is 26.8. The third kappa shape index (κ3) is 3.74. The minimum Gasteiger partial charge on any atom is -0.383 e. The van der Waals surface area contributed by atoms with Crippen LogP contribution in [0.3, 0.4) is 0 Å². The van der Waals surface area contributed by atoms with Crippen molar-refractivity contribution in [2.24, 2.45) is 0 Å². The van der Waals surface area contributed by atoms with Gasteiger partial charge in [0.1, 0.15) is 13.6 Å². The van der Waals surface area contributed by atoms with E-state index in [1.165, 1.54) is 0 Å². The first-order chi connectivity index (χ1) is 9.35. The first-order valence-corrected chi connectivity index (χ1v) is 7.71. The molecule has 2 rings (SSSR count). The molecule has 0 saturated heterocycles. The van der Waals surface area contributed by atoms with Crippen molar-refractivity contribution in [1.82, 2.24) is 0 Å². The largest absolute Gasteiger partial charge is 0.383 e. The normalized spacial score (nSPS) is 11.1. The quantitative estimate of drug-likeness (QED) is 0.636. The van der Waals surface area contributed by atoms with Gasteiger partial charge in [-0.2, -0.15) is 8.42 Å². The molecule has 0 N–H and O–H groups in total. The van der Waals surface area contributed by atoms with E-state index in [0.717, 1.165) is 23.0 Å². The van der Waals surface area contributed by atoms with Crippen LogP contribution >= 0.6 is 0 Å². The summed E-state index contributed by atoms with van der Waals surface area (Å²) in [7, 11) is 2.23. The molecule has 2 radical (unpaired) electrons. The predicted molar refractivity (Wildman–Crippen MR) is 81.9 cm³/mol. The van der Waals surface area contributed by atoms with Crippen molar-refractivity contribution < 1.29 is 12.6 Å². The molecule has 0 spiro atoms. The molecular weight excluding hydrogens is 271 g/mol. The van der Waals surface area contributed by atoms with Crippen LogP contribution in [0.15, 0.2) is 55.1 Å². The molecule has 0 fully saturated rings. The number of hydrogen-bond acceptors (Lipinski definition) is 3. The Labute approximate surface area is 120 Å². The highest BCUT2D eigenvalue weighted by Gasteiger charge is 2.06.